The summed E-state index contributed by atoms with van der Waals surface area (Å²) in [6.45, 7) is 4.46. The van der Waals surface area contributed by atoms with Crippen LogP contribution in [0.5, 0.6) is 5.75 Å². The van der Waals surface area contributed by atoms with Crippen molar-refractivity contribution in [3.05, 3.63) is 29.3 Å². The number of aryl methyl sites for hydroxylation is 1. The van der Waals surface area contributed by atoms with Crippen molar-refractivity contribution in [3.63, 3.8) is 0 Å². The molecule has 0 bridgehead atoms. The normalized spacial score (nSPS) is 43.8. The Labute approximate surface area is 155 Å². The molecule has 2 N–H and O–H groups in total. The lowest BCUT2D eigenvalue weighted by Crippen LogP contribution is -2.57. The first-order chi connectivity index (χ1) is 12.3. The van der Waals surface area contributed by atoms with Gasteiger partial charge in [-0.2, -0.15) is 5.26 Å². The summed E-state index contributed by atoms with van der Waals surface area (Å²) < 4.78 is 5.41. The molecule has 0 spiro atoms. The molecule has 1 aromatic carbocycles. The van der Waals surface area contributed by atoms with Gasteiger partial charge < -0.3 is 14.9 Å². The highest BCUT2D eigenvalue weighted by atomic mass is 16.5. The van der Waals surface area contributed by atoms with Gasteiger partial charge in [-0.25, -0.2) is 0 Å². The van der Waals surface area contributed by atoms with Crippen LogP contribution in [0.4, 0.5) is 0 Å². The second kappa shape index (κ2) is 5.71. The van der Waals surface area contributed by atoms with Crippen molar-refractivity contribution in [2.45, 2.75) is 69.5 Å². The smallest absolute Gasteiger partial charge is 0.119 e. The van der Waals surface area contributed by atoms with E-state index in [1.165, 1.54) is 11.1 Å². The van der Waals surface area contributed by atoms with E-state index in [1.54, 1.807) is 7.11 Å². The first-order valence-electron chi connectivity index (χ1n) is 9.75. The van der Waals surface area contributed by atoms with E-state index in [2.05, 4.69) is 38.1 Å². The molecule has 0 amide bonds. The summed E-state index contributed by atoms with van der Waals surface area (Å²) in [5.41, 5.74) is 1.16. The van der Waals surface area contributed by atoms with E-state index in [9.17, 15) is 15.5 Å². The maximum Gasteiger partial charge on any atom is 0.119 e. The lowest BCUT2D eigenvalue weighted by molar-refractivity contribution is -0.144. The van der Waals surface area contributed by atoms with Gasteiger partial charge in [-0.15, -0.1) is 0 Å². The monoisotopic (exact) mass is 355 g/mol. The van der Waals surface area contributed by atoms with Crippen molar-refractivity contribution < 1.29 is 14.9 Å². The Balaban J connectivity index is 1.76. The van der Waals surface area contributed by atoms with Gasteiger partial charge in [0, 0.05) is 5.41 Å². The van der Waals surface area contributed by atoms with Crippen molar-refractivity contribution in [1.82, 2.24) is 0 Å². The minimum Gasteiger partial charge on any atom is -0.497 e. The topological polar surface area (TPSA) is 73.5 Å². The second-order valence-electron chi connectivity index (χ2n) is 9.12. The minimum atomic E-state index is -1.28. The molecule has 0 radical (unpaired) electrons. The Hall–Kier alpha value is -1.57. The van der Waals surface area contributed by atoms with Gasteiger partial charge in [0.2, 0.25) is 0 Å². The summed E-state index contributed by atoms with van der Waals surface area (Å²) in [4.78, 5) is 0. The average Bonchev–Trinajstić information content (AvgIpc) is 2.82. The van der Waals surface area contributed by atoms with Crippen LogP contribution in [0.1, 0.15) is 57.1 Å². The molecule has 4 heteroatoms. The molecule has 4 rings (SSSR count). The Morgan fingerprint density at radius 1 is 1.27 bits per heavy atom. The lowest BCUT2D eigenvalue weighted by atomic mass is 9.47. The van der Waals surface area contributed by atoms with Crippen LogP contribution in [0.3, 0.4) is 0 Å². The molecular formula is C22H29NO3. The van der Waals surface area contributed by atoms with Gasteiger partial charge in [-0.05, 0) is 72.6 Å². The maximum atomic E-state index is 11.3. The largest absolute Gasteiger partial charge is 0.497 e. The number of fused-ring (bicyclic) bond motifs is 5. The Morgan fingerprint density at radius 3 is 2.73 bits per heavy atom. The maximum absolute atomic E-state index is 11.3. The predicted molar refractivity (Wildman–Crippen MR) is 98.8 cm³/mol. The molecular weight excluding hydrogens is 326 g/mol. The number of hydrogen-bond donors (Lipinski definition) is 2. The summed E-state index contributed by atoms with van der Waals surface area (Å²) in [5, 5.41) is 31.2. The van der Waals surface area contributed by atoms with Crippen molar-refractivity contribution >= 4 is 0 Å². The van der Waals surface area contributed by atoms with Crippen LogP contribution in [-0.4, -0.2) is 29.0 Å². The van der Waals surface area contributed by atoms with Crippen LogP contribution in [0, 0.1) is 28.6 Å². The van der Waals surface area contributed by atoms with Gasteiger partial charge in [-0.3, -0.25) is 0 Å². The van der Waals surface area contributed by atoms with Gasteiger partial charge in [0.15, 0.2) is 0 Å². The highest BCUT2D eigenvalue weighted by Crippen LogP contribution is 2.66. The van der Waals surface area contributed by atoms with Gasteiger partial charge in [-0.1, -0.05) is 19.9 Å². The minimum absolute atomic E-state index is 0.0123. The molecule has 0 saturated heterocycles. The van der Waals surface area contributed by atoms with Gasteiger partial charge in [0.05, 0.1) is 25.7 Å². The number of methoxy groups -OCH3 is 1. The average molecular weight is 355 g/mol. The molecule has 2 fully saturated rings. The highest BCUT2D eigenvalue weighted by Gasteiger charge is 2.67. The third-order valence-electron chi connectivity index (χ3n) is 8.30. The zero-order valence-corrected chi connectivity index (χ0v) is 16.0. The standard InChI is InChI=1S/C22H29NO3/c1-20-8-9-21(2)18(13-19(24)22(21,25)10-11-23)17(20)6-4-14-12-15(26-3)5-7-16(14)20/h5,7,12,17-19,24-25H,4,6,8-10,13H2,1-3H3/t17-,18-,19+,20+,21-,22-/m0/s1. The number of nitriles is 1. The van der Waals surface area contributed by atoms with Crippen LogP contribution in [0.25, 0.3) is 0 Å². The molecule has 0 aliphatic heterocycles. The van der Waals surface area contributed by atoms with Crippen molar-refractivity contribution in [3.8, 4) is 11.8 Å². The van der Waals surface area contributed by atoms with Crippen LogP contribution in [0.15, 0.2) is 18.2 Å². The van der Waals surface area contributed by atoms with Crippen molar-refractivity contribution in [1.29, 1.82) is 5.26 Å². The molecule has 3 aliphatic carbocycles. The summed E-state index contributed by atoms with van der Waals surface area (Å²) >= 11 is 0. The fourth-order valence-electron chi connectivity index (χ4n) is 6.62. The third-order valence-corrected chi connectivity index (χ3v) is 8.30. The predicted octanol–water partition coefficient (Wildman–Crippen LogP) is 3.34. The molecule has 0 aromatic heterocycles. The first-order valence-corrected chi connectivity index (χ1v) is 9.75. The van der Waals surface area contributed by atoms with E-state index >= 15 is 0 Å². The number of ether oxygens (including phenoxy) is 1. The SMILES string of the molecule is COc1ccc2c(c1)CC[C@H]1[C@@H]3C[C@@H](O)[C@@](O)(CC#N)[C@@]3(C)CC[C@]21C. The molecule has 4 nitrogen and oxygen atoms in total. The van der Waals surface area contributed by atoms with E-state index < -0.39 is 17.1 Å². The Kier molecular flexibility index (Phi) is 3.92. The Morgan fingerprint density at radius 2 is 2.04 bits per heavy atom. The third kappa shape index (κ3) is 2.08. The zero-order chi connectivity index (χ0) is 18.7. The van der Waals surface area contributed by atoms with E-state index in [-0.39, 0.29) is 17.8 Å². The van der Waals surface area contributed by atoms with Crippen molar-refractivity contribution in [2.24, 2.45) is 17.3 Å². The van der Waals surface area contributed by atoms with Crippen LogP contribution < -0.4 is 4.74 Å². The van der Waals surface area contributed by atoms with E-state index in [1.807, 2.05) is 0 Å². The molecule has 6 atom stereocenters. The molecule has 3 aliphatic rings. The molecule has 1 aromatic rings. The van der Waals surface area contributed by atoms with E-state index in [0.717, 1.165) is 31.4 Å². The van der Waals surface area contributed by atoms with Gasteiger partial charge in [0.25, 0.3) is 0 Å². The number of hydrogen-bond acceptors (Lipinski definition) is 4. The molecule has 26 heavy (non-hydrogen) atoms. The van der Waals surface area contributed by atoms with E-state index in [4.69, 9.17) is 4.74 Å². The molecule has 0 unspecified atom stereocenters. The van der Waals surface area contributed by atoms with Crippen LogP contribution in [0.2, 0.25) is 0 Å². The number of aliphatic hydroxyl groups excluding tert-OH is 1. The number of nitrogens with zero attached hydrogens (tertiary/aromatic N) is 1. The molecule has 2 saturated carbocycles. The number of rotatable bonds is 2. The summed E-state index contributed by atoms with van der Waals surface area (Å²) in [7, 11) is 1.71. The van der Waals surface area contributed by atoms with Crippen LogP contribution >= 0.6 is 0 Å². The first kappa shape index (κ1) is 17.8. The zero-order valence-electron chi connectivity index (χ0n) is 16.0. The van der Waals surface area contributed by atoms with Crippen LogP contribution in [-0.2, 0) is 11.8 Å². The highest BCUT2D eigenvalue weighted by molar-refractivity contribution is 5.44. The lowest BCUT2D eigenvalue weighted by Gasteiger charge is -2.57. The molecule has 0 heterocycles. The Bertz CT molecular complexity index is 771. The summed E-state index contributed by atoms with van der Waals surface area (Å²) in [5.74, 6) is 1.57. The van der Waals surface area contributed by atoms with Gasteiger partial charge >= 0.3 is 0 Å². The number of benzene rings is 1. The van der Waals surface area contributed by atoms with Gasteiger partial charge in [0.1, 0.15) is 11.4 Å². The quantitative estimate of drug-likeness (QED) is 0.853. The number of aliphatic hydroxyl groups is 2. The summed E-state index contributed by atoms with van der Waals surface area (Å²) in [6, 6.07) is 8.56. The fourth-order valence-corrected chi connectivity index (χ4v) is 6.62. The van der Waals surface area contributed by atoms with E-state index in [0.29, 0.717) is 12.3 Å². The second-order valence-corrected chi connectivity index (χ2v) is 9.12. The summed E-state index contributed by atoms with van der Waals surface area (Å²) in [6.07, 6.45) is 3.68. The fraction of sp³-hybridized carbons (Fsp3) is 0.682. The molecule has 140 valence electrons. The van der Waals surface area contributed by atoms with Crippen molar-refractivity contribution in [2.75, 3.05) is 7.11 Å².